The maximum Gasteiger partial charge on any atom is 0.339 e. The first-order valence-electron chi connectivity index (χ1n) is 9.18. The van der Waals surface area contributed by atoms with Crippen molar-refractivity contribution in [2.24, 2.45) is 0 Å². The Balaban J connectivity index is 1.91. The molecule has 0 fully saturated rings. The van der Waals surface area contributed by atoms with Gasteiger partial charge >= 0.3 is 11.8 Å². The van der Waals surface area contributed by atoms with Crippen molar-refractivity contribution in [3.63, 3.8) is 0 Å². The lowest BCUT2D eigenvalue weighted by atomic mass is 9.85. The molecular formula is C23H22F4. The summed E-state index contributed by atoms with van der Waals surface area (Å²) >= 11 is 0. The Morgan fingerprint density at radius 2 is 1.19 bits per heavy atom. The highest BCUT2D eigenvalue weighted by molar-refractivity contribution is 5.77. The molecule has 27 heavy (non-hydrogen) atoms. The number of halogens is 4. The first kappa shape index (κ1) is 19.4. The molecular weight excluding hydrogens is 352 g/mol. The number of aryl methyl sites for hydroxylation is 1. The predicted molar refractivity (Wildman–Crippen MR) is 102 cm³/mol. The fourth-order valence-electron chi connectivity index (χ4n) is 3.38. The first-order chi connectivity index (χ1) is 12.8. The quantitative estimate of drug-likeness (QED) is 0.481. The lowest BCUT2D eigenvalue weighted by molar-refractivity contribution is -0.149. The fraction of sp³-hybridized carbons (Fsp3) is 0.304. The summed E-state index contributed by atoms with van der Waals surface area (Å²) in [6.07, 6.45) is 4.19. The predicted octanol–water partition coefficient (Wildman–Crippen LogP) is 7.31. The molecule has 2 aromatic carbocycles. The van der Waals surface area contributed by atoms with Crippen molar-refractivity contribution in [2.45, 2.75) is 45.0 Å². The van der Waals surface area contributed by atoms with Crippen molar-refractivity contribution in [3.05, 3.63) is 77.4 Å². The third-order valence-electron chi connectivity index (χ3n) is 4.99. The number of benzene rings is 2. The number of rotatable bonds is 5. The maximum atomic E-state index is 14.5. The summed E-state index contributed by atoms with van der Waals surface area (Å²) in [7, 11) is 0. The van der Waals surface area contributed by atoms with Crippen molar-refractivity contribution in [3.8, 4) is 11.1 Å². The minimum Gasteiger partial charge on any atom is -0.194 e. The summed E-state index contributed by atoms with van der Waals surface area (Å²) in [6.45, 7) is 3.57. The van der Waals surface area contributed by atoms with Gasteiger partial charge in [-0.1, -0.05) is 81.0 Å². The zero-order valence-electron chi connectivity index (χ0n) is 15.4. The van der Waals surface area contributed by atoms with Crippen LogP contribution in [0.15, 0.2) is 66.3 Å². The van der Waals surface area contributed by atoms with Crippen LogP contribution >= 0.6 is 0 Å². The zero-order chi connectivity index (χ0) is 19.7. The van der Waals surface area contributed by atoms with Crippen LogP contribution in [0.4, 0.5) is 17.6 Å². The van der Waals surface area contributed by atoms with Crippen molar-refractivity contribution < 1.29 is 17.6 Å². The van der Waals surface area contributed by atoms with Crippen LogP contribution in [0.1, 0.15) is 37.8 Å². The van der Waals surface area contributed by atoms with Crippen LogP contribution in [0.5, 0.6) is 0 Å². The van der Waals surface area contributed by atoms with Gasteiger partial charge in [-0.3, -0.25) is 0 Å². The van der Waals surface area contributed by atoms with Crippen LogP contribution in [-0.2, 0) is 6.42 Å². The second kappa shape index (κ2) is 7.34. The Kier molecular flexibility index (Phi) is 5.27. The molecule has 1 aliphatic rings. The van der Waals surface area contributed by atoms with Crippen LogP contribution in [0.3, 0.4) is 0 Å². The third kappa shape index (κ3) is 3.45. The van der Waals surface area contributed by atoms with Crippen molar-refractivity contribution in [2.75, 3.05) is 0 Å². The van der Waals surface area contributed by atoms with Crippen LogP contribution in [-0.4, -0.2) is 11.8 Å². The van der Waals surface area contributed by atoms with Crippen LogP contribution in [0.25, 0.3) is 16.7 Å². The number of hydrogen-bond donors (Lipinski definition) is 0. The van der Waals surface area contributed by atoms with Gasteiger partial charge in [-0.05, 0) is 35.1 Å². The number of allylic oxidation sites excluding steroid dienone is 4. The Morgan fingerprint density at radius 3 is 1.70 bits per heavy atom. The molecule has 4 heteroatoms. The van der Waals surface area contributed by atoms with Gasteiger partial charge in [0.2, 0.25) is 0 Å². The molecule has 0 saturated carbocycles. The van der Waals surface area contributed by atoms with Gasteiger partial charge in [0.05, 0.1) is 0 Å². The van der Waals surface area contributed by atoms with Gasteiger partial charge in [-0.25, -0.2) is 0 Å². The highest BCUT2D eigenvalue weighted by Crippen LogP contribution is 2.51. The van der Waals surface area contributed by atoms with Gasteiger partial charge in [0.25, 0.3) is 0 Å². The highest BCUT2D eigenvalue weighted by Gasteiger charge is 2.61. The summed E-state index contributed by atoms with van der Waals surface area (Å²) in [5.74, 6) is -8.39. The molecule has 0 aromatic heterocycles. The molecule has 0 radical (unpaired) electrons. The molecule has 0 N–H and O–H groups in total. The summed E-state index contributed by atoms with van der Waals surface area (Å²) in [6, 6.07) is 14.4. The number of hydrogen-bond acceptors (Lipinski definition) is 0. The fourth-order valence-corrected chi connectivity index (χ4v) is 3.38. The molecule has 1 aliphatic carbocycles. The van der Waals surface area contributed by atoms with Gasteiger partial charge in [0, 0.05) is 11.1 Å². The molecule has 3 rings (SSSR count). The standard InChI is InChI=1S/C23H22F4/c1-3-5-16-6-8-17(9-7-16)18-10-12-19(13-11-18)21-15-14-20(4-2)22(24,25)23(21,26)27/h6-15H,3-5H2,1-2H3. The second-order valence-corrected chi connectivity index (χ2v) is 6.80. The Hall–Kier alpha value is -2.36. The van der Waals surface area contributed by atoms with E-state index in [4.69, 9.17) is 0 Å². The SMILES string of the molecule is CCCc1ccc(-c2ccc(C3=CC=C(CC)C(F)(F)C3(F)F)cc2)cc1. The molecule has 0 unspecified atom stereocenters. The van der Waals surface area contributed by atoms with E-state index in [0.717, 1.165) is 36.1 Å². The molecule has 142 valence electrons. The van der Waals surface area contributed by atoms with E-state index in [1.807, 2.05) is 24.3 Å². The maximum absolute atomic E-state index is 14.5. The average Bonchev–Trinajstić information content (AvgIpc) is 2.65. The molecule has 0 spiro atoms. The van der Waals surface area contributed by atoms with E-state index in [-0.39, 0.29) is 12.0 Å². The highest BCUT2D eigenvalue weighted by atomic mass is 19.3. The molecule has 2 aromatic rings. The van der Waals surface area contributed by atoms with Crippen LogP contribution in [0.2, 0.25) is 0 Å². The molecule has 0 saturated heterocycles. The average molecular weight is 374 g/mol. The summed E-state index contributed by atoms with van der Waals surface area (Å²) in [5.41, 5.74) is 1.99. The first-order valence-corrected chi connectivity index (χ1v) is 9.18. The smallest absolute Gasteiger partial charge is 0.194 e. The summed E-state index contributed by atoms with van der Waals surface area (Å²) in [5, 5.41) is 0. The van der Waals surface area contributed by atoms with E-state index >= 15 is 0 Å². The van der Waals surface area contributed by atoms with E-state index in [0.29, 0.717) is 0 Å². The van der Waals surface area contributed by atoms with Crippen LogP contribution < -0.4 is 0 Å². The number of alkyl halides is 4. The van der Waals surface area contributed by atoms with Crippen molar-refractivity contribution in [1.29, 1.82) is 0 Å². The van der Waals surface area contributed by atoms with E-state index in [2.05, 4.69) is 6.92 Å². The summed E-state index contributed by atoms with van der Waals surface area (Å²) in [4.78, 5) is 0. The van der Waals surface area contributed by atoms with Gasteiger partial charge < -0.3 is 0 Å². The molecule has 0 aliphatic heterocycles. The van der Waals surface area contributed by atoms with Gasteiger partial charge in [0.1, 0.15) is 0 Å². The Morgan fingerprint density at radius 1 is 0.667 bits per heavy atom. The molecule has 0 amide bonds. The Labute approximate surface area is 157 Å². The van der Waals surface area contributed by atoms with Gasteiger partial charge in [-0.15, -0.1) is 0 Å². The Bertz CT molecular complexity index is 856. The van der Waals surface area contributed by atoms with Crippen LogP contribution in [0, 0.1) is 0 Å². The van der Waals surface area contributed by atoms with E-state index in [1.165, 1.54) is 24.6 Å². The minimum atomic E-state index is -4.23. The lowest BCUT2D eigenvalue weighted by Gasteiger charge is -2.33. The molecule has 0 atom stereocenters. The van der Waals surface area contributed by atoms with Crippen molar-refractivity contribution >= 4 is 5.57 Å². The van der Waals surface area contributed by atoms with E-state index in [9.17, 15) is 17.6 Å². The monoisotopic (exact) mass is 374 g/mol. The lowest BCUT2D eigenvalue weighted by Crippen LogP contribution is -2.44. The van der Waals surface area contributed by atoms with E-state index in [1.54, 1.807) is 12.1 Å². The van der Waals surface area contributed by atoms with E-state index < -0.39 is 23.0 Å². The summed E-state index contributed by atoms with van der Waals surface area (Å²) < 4.78 is 57.2. The second-order valence-electron chi connectivity index (χ2n) is 6.80. The van der Waals surface area contributed by atoms with Gasteiger partial charge in [0.15, 0.2) is 0 Å². The zero-order valence-corrected chi connectivity index (χ0v) is 15.4. The molecule has 0 heterocycles. The largest absolute Gasteiger partial charge is 0.339 e. The molecule has 0 bridgehead atoms. The normalized spacial score (nSPS) is 18.0. The topological polar surface area (TPSA) is 0 Å². The minimum absolute atomic E-state index is 0.109. The third-order valence-corrected chi connectivity index (χ3v) is 4.99. The molecule has 0 nitrogen and oxygen atoms in total. The van der Waals surface area contributed by atoms with Gasteiger partial charge in [-0.2, -0.15) is 17.6 Å². The van der Waals surface area contributed by atoms with Crippen molar-refractivity contribution in [1.82, 2.24) is 0 Å².